The third-order valence-electron chi connectivity index (χ3n) is 2.44. The predicted octanol–water partition coefficient (Wildman–Crippen LogP) is 3.87. The second-order valence-corrected chi connectivity index (χ2v) is 6.04. The molecular weight excluding hydrogens is 292 g/mol. The van der Waals surface area contributed by atoms with E-state index in [0.29, 0.717) is 17.2 Å². The van der Waals surface area contributed by atoms with Crippen LogP contribution in [0.4, 0.5) is 5.00 Å². The van der Waals surface area contributed by atoms with Crippen LogP contribution in [-0.4, -0.2) is 37.9 Å². The van der Waals surface area contributed by atoms with Gasteiger partial charge in [-0.25, -0.2) is 9.79 Å². The molecule has 106 valence electrons. The summed E-state index contributed by atoms with van der Waals surface area (Å²) in [5.41, 5.74) is 1.45. The molecule has 0 aliphatic heterocycles. The molecule has 0 fully saturated rings. The van der Waals surface area contributed by atoms with Crippen molar-refractivity contribution >= 4 is 40.0 Å². The summed E-state index contributed by atoms with van der Waals surface area (Å²) in [6, 6.07) is 3.96. The van der Waals surface area contributed by atoms with Gasteiger partial charge in [-0.15, -0.1) is 22.7 Å². The van der Waals surface area contributed by atoms with Gasteiger partial charge >= 0.3 is 5.97 Å². The van der Waals surface area contributed by atoms with E-state index >= 15 is 0 Å². The highest BCUT2D eigenvalue weighted by molar-refractivity contribution is 7.16. The van der Waals surface area contributed by atoms with Gasteiger partial charge < -0.3 is 9.64 Å². The molecule has 2 rings (SSSR count). The number of carbonyl (C=O) groups is 1. The Balaban J connectivity index is 2.45. The molecule has 20 heavy (non-hydrogen) atoms. The van der Waals surface area contributed by atoms with E-state index in [1.165, 1.54) is 11.3 Å². The van der Waals surface area contributed by atoms with Crippen molar-refractivity contribution in [2.24, 2.45) is 4.99 Å². The van der Waals surface area contributed by atoms with Gasteiger partial charge in [-0.2, -0.15) is 0 Å². The first-order valence-corrected chi connectivity index (χ1v) is 7.92. The summed E-state index contributed by atoms with van der Waals surface area (Å²) in [6.45, 7) is 2.16. The lowest BCUT2D eigenvalue weighted by molar-refractivity contribution is 0.0529. The molecule has 0 unspecified atom stereocenters. The maximum atomic E-state index is 12.2. The fourth-order valence-corrected chi connectivity index (χ4v) is 3.34. The number of hydrogen-bond donors (Lipinski definition) is 0. The number of nitrogens with zero attached hydrogens (tertiary/aromatic N) is 2. The fraction of sp³-hybridized carbons (Fsp3) is 0.286. The molecule has 0 bridgehead atoms. The van der Waals surface area contributed by atoms with Crippen molar-refractivity contribution in [1.82, 2.24) is 4.90 Å². The van der Waals surface area contributed by atoms with Gasteiger partial charge in [-0.3, -0.25) is 0 Å². The summed E-state index contributed by atoms with van der Waals surface area (Å²) in [5, 5.41) is 4.63. The number of carbonyl (C=O) groups excluding carboxylic acids is 1. The van der Waals surface area contributed by atoms with Gasteiger partial charge in [0, 0.05) is 29.9 Å². The van der Waals surface area contributed by atoms with Gasteiger partial charge in [0.15, 0.2) is 0 Å². The minimum absolute atomic E-state index is 0.317. The number of ether oxygens (including phenoxy) is 1. The van der Waals surface area contributed by atoms with Crippen molar-refractivity contribution in [2.45, 2.75) is 6.92 Å². The number of esters is 1. The standard InChI is InChI=1S/C14H16N2O2S2/c1-4-18-14(17)12-10(11-6-5-7-19-11)8-20-13(12)15-9-16(2)3/h5-9H,4H2,1-3H3/b15-9+. The van der Waals surface area contributed by atoms with Crippen LogP contribution in [-0.2, 0) is 4.74 Å². The third-order valence-corrected chi connectivity index (χ3v) is 4.23. The Morgan fingerprint density at radius 2 is 2.25 bits per heavy atom. The minimum atomic E-state index is -0.317. The van der Waals surface area contributed by atoms with Crippen LogP contribution in [0.25, 0.3) is 10.4 Å². The van der Waals surface area contributed by atoms with E-state index in [0.717, 1.165) is 10.4 Å². The third kappa shape index (κ3) is 3.26. The molecule has 0 spiro atoms. The fourth-order valence-electron chi connectivity index (χ4n) is 1.62. The van der Waals surface area contributed by atoms with Crippen molar-refractivity contribution in [3.8, 4) is 10.4 Å². The maximum Gasteiger partial charge on any atom is 0.341 e. The SMILES string of the molecule is CCOC(=O)c1c(-c2cccs2)csc1/N=C/N(C)C. The van der Waals surface area contributed by atoms with E-state index in [1.807, 2.05) is 41.9 Å². The topological polar surface area (TPSA) is 41.9 Å². The number of aliphatic imine (C=N–C) groups is 1. The Labute approximate surface area is 126 Å². The summed E-state index contributed by atoms with van der Waals surface area (Å²) >= 11 is 3.05. The van der Waals surface area contributed by atoms with Gasteiger partial charge in [-0.1, -0.05) is 6.07 Å². The smallest absolute Gasteiger partial charge is 0.341 e. The van der Waals surface area contributed by atoms with Crippen LogP contribution < -0.4 is 0 Å². The maximum absolute atomic E-state index is 12.2. The van der Waals surface area contributed by atoms with Crippen LogP contribution in [0.5, 0.6) is 0 Å². The molecule has 2 aromatic rings. The number of hydrogen-bond acceptors (Lipinski definition) is 5. The molecule has 0 amide bonds. The first-order valence-electron chi connectivity index (χ1n) is 6.16. The molecule has 0 saturated heterocycles. The van der Waals surface area contributed by atoms with E-state index < -0.39 is 0 Å². The van der Waals surface area contributed by atoms with E-state index in [-0.39, 0.29) is 5.97 Å². The van der Waals surface area contributed by atoms with Crippen LogP contribution >= 0.6 is 22.7 Å². The zero-order valence-electron chi connectivity index (χ0n) is 11.6. The van der Waals surface area contributed by atoms with Gasteiger partial charge in [0.05, 0.1) is 12.9 Å². The quantitative estimate of drug-likeness (QED) is 0.478. The normalized spacial score (nSPS) is 10.9. The zero-order valence-corrected chi connectivity index (χ0v) is 13.3. The van der Waals surface area contributed by atoms with E-state index in [4.69, 9.17) is 4.74 Å². The van der Waals surface area contributed by atoms with Crippen LogP contribution in [0.3, 0.4) is 0 Å². The van der Waals surface area contributed by atoms with Gasteiger partial charge in [0.2, 0.25) is 0 Å². The minimum Gasteiger partial charge on any atom is -0.462 e. The molecule has 0 aliphatic carbocycles. The Kier molecular flexibility index (Phi) is 4.92. The molecule has 2 heterocycles. The molecule has 0 aromatic carbocycles. The summed E-state index contributed by atoms with van der Waals surface area (Å²) < 4.78 is 5.16. The van der Waals surface area contributed by atoms with Crippen LogP contribution in [0.1, 0.15) is 17.3 Å². The van der Waals surface area contributed by atoms with E-state index in [9.17, 15) is 4.79 Å². The summed E-state index contributed by atoms with van der Waals surface area (Å²) in [6.07, 6.45) is 1.69. The van der Waals surface area contributed by atoms with Gasteiger partial charge in [-0.05, 0) is 18.4 Å². The zero-order chi connectivity index (χ0) is 14.5. The second kappa shape index (κ2) is 6.67. The number of thiophene rings is 2. The number of rotatable bonds is 5. The Bertz CT molecular complexity index is 601. The van der Waals surface area contributed by atoms with E-state index in [2.05, 4.69) is 4.99 Å². The average molecular weight is 308 g/mol. The first kappa shape index (κ1) is 14.7. The highest BCUT2D eigenvalue weighted by Crippen LogP contribution is 2.39. The van der Waals surface area contributed by atoms with Gasteiger partial charge in [0.1, 0.15) is 10.6 Å². The average Bonchev–Trinajstić information content (AvgIpc) is 3.05. The van der Waals surface area contributed by atoms with Crippen molar-refractivity contribution in [1.29, 1.82) is 0 Å². The van der Waals surface area contributed by atoms with Gasteiger partial charge in [0.25, 0.3) is 0 Å². The Morgan fingerprint density at radius 1 is 1.45 bits per heavy atom. The summed E-state index contributed by atoms with van der Waals surface area (Å²) in [4.78, 5) is 19.4. The molecule has 0 N–H and O–H groups in total. The van der Waals surface area contributed by atoms with Crippen molar-refractivity contribution in [3.05, 3.63) is 28.5 Å². The van der Waals surface area contributed by atoms with Crippen LogP contribution in [0.15, 0.2) is 27.9 Å². The largest absolute Gasteiger partial charge is 0.462 e. The Hall–Kier alpha value is -1.66. The first-order chi connectivity index (χ1) is 9.63. The molecule has 0 saturated carbocycles. The molecule has 6 heteroatoms. The van der Waals surface area contributed by atoms with E-state index in [1.54, 1.807) is 24.6 Å². The Morgan fingerprint density at radius 3 is 2.85 bits per heavy atom. The van der Waals surface area contributed by atoms with Crippen LogP contribution in [0, 0.1) is 0 Å². The lowest BCUT2D eigenvalue weighted by atomic mass is 10.1. The molecule has 2 aromatic heterocycles. The molecule has 4 nitrogen and oxygen atoms in total. The lowest BCUT2D eigenvalue weighted by Crippen LogP contribution is -2.08. The summed E-state index contributed by atoms with van der Waals surface area (Å²) in [7, 11) is 3.78. The van der Waals surface area contributed by atoms with Crippen molar-refractivity contribution in [3.63, 3.8) is 0 Å². The predicted molar refractivity (Wildman–Crippen MR) is 85.4 cm³/mol. The monoisotopic (exact) mass is 308 g/mol. The van der Waals surface area contributed by atoms with Crippen molar-refractivity contribution < 1.29 is 9.53 Å². The highest BCUT2D eigenvalue weighted by Gasteiger charge is 2.21. The highest BCUT2D eigenvalue weighted by atomic mass is 32.1. The summed E-state index contributed by atoms with van der Waals surface area (Å²) in [5.74, 6) is -0.317. The molecule has 0 atom stereocenters. The molecule has 0 aliphatic rings. The van der Waals surface area contributed by atoms with Crippen molar-refractivity contribution in [2.75, 3.05) is 20.7 Å². The molecule has 0 radical (unpaired) electrons. The second-order valence-electron chi connectivity index (χ2n) is 4.24. The lowest BCUT2D eigenvalue weighted by Gasteiger charge is -2.05. The molecular formula is C14H16N2O2S2. The van der Waals surface area contributed by atoms with Crippen LogP contribution in [0.2, 0.25) is 0 Å².